The summed E-state index contributed by atoms with van der Waals surface area (Å²) in [5.74, 6) is -0.536. The van der Waals surface area contributed by atoms with Gasteiger partial charge in [-0.3, -0.25) is 9.59 Å². The summed E-state index contributed by atoms with van der Waals surface area (Å²) in [6.07, 6.45) is 0.0676. The minimum atomic E-state index is -0.310. The quantitative estimate of drug-likeness (QED) is 0.387. The van der Waals surface area contributed by atoms with Crippen molar-refractivity contribution in [3.8, 4) is 0 Å². The molecule has 0 atom stereocenters. The van der Waals surface area contributed by atoms with Crippen LogP contribution < -0.4 is 10.7 Å². The lowest BCUT2D eigenvalue weighted by Crippen LogP contribution is -2.22. The van der Waals surface area contributed by atoms with Crippen molar-refractivity contribution < 1.29 is 9.59 Å². The van der Waals surface area contributed by atoms with E-state index in [1.54, 1.807) is 37.3 Å². The number of carbonyl (C=O) groups is 2. The predicted octanol–water partition coefficient (Wildman–Crippen LogP) is 4.39. The first kappa shape index (κ1) is 19.4. The van der Waals surface area contributed by atoms with E-state index in [1.165, 1.54) is 0 Å². The highest BCUT2D eigenvalue weighted by molar-refractivity contribution is 14.1. The molecular formula is C18H17ClIN3O2. The molecule has 0 heterocycles. The number of amides is 2. The maximum atomic E-state index is 12.1. The minimum Gasteiger partial charge on any atom is -0.325 e. The maximum Gasteiger partial charge on any atom is 0.272 e. The zero-order valence-electron chi connectivity index (χ0n) is 13.8. The van der Waals surface area contributed by atoms with Gasteiger partial charge in [-0.1, -0.05) is 29.8 Å². The third-order valence-electron chi connectivity index (χ3n) is 3.42. The smallest absolute Gasteiger partial charge is 0.272 e. The molecule has 7 heteroatoms. The number of hydrazone groups is 1. The molecule has 0 saturated carbocycles. The number of nitrogens with zero attached hydrogens (tertiary/aromatic N) is 1. The van der Waals surface area contributed by atoms with Crippen LogP contribution in [0.5, 0.6) is 0 Å². The number of rotatable bonds is 5. The standard InChI is InChI=1S/C18H17ClIN3O2/c1-11(22-23-18(25)13-6-3-4-8-15(13)20)10-17(24)21-16-9-5-7-14(19)12(16)2/h3-9H,10H2,1-2H3,(H,21,24)(H,23,25)/b22-11+. The van der Waals surface area contributed by atoms with Gasteiger partial charge >= 0.3 is 0 Å². The lowest BCUT2D eigenvalue weighted by Gasteiger charge is -2.09. The highest BCUT2D eigenvalue weighted by Gasteiger charge is 2.10. The summed E-state index contributed by atoms with van der Waals surface area (Å²) in [6, 6.07) is 12.5. The number of carbonyl (C=O) groups excluding carboxylic acids is 2. The molecule has 0 radical (unpaired) electrons. The first-order chi connectivity index (χ1) is 11.9. The van der Waals surface area contributed by atoms with Gasteiger partial charge in [0.25, 0.3) is 5.91 Å². The van der Waals surface area contributed by atoms with Gasteiger partial charge in [0, 0.05) is 20.0 Å². The second-order valence-corrected chi connectivity index (χ2v) is 6.97. The monoisotopic (exact) mass is 469 g/mol. The maximum absolute atomic E-state index is 12.1. The van der Waals surface area contributed by atoms with Crippen molar-refractivity contribution in [3.05, 3.63) is 62.2 Å². The average Bonchev–Trinajstić information content (AvgIpc) is 2.57. The molecule has 0 aliphatic carbocycles. The van der Waals surface area contributed by atoms with Crippen molar-refractivity contribution in [3.63, 3.8) is 0 Å². The van der Waals surface area contributed by atoms with Gasteiger partial charge in [-0.25, -0.2) is 5.43 Å². The predicted molar refractivity (Wildman–Crippen MR) is 109 cm³/mol. The van der Waals surface area contributed by atoms with E-state index >= 15 is 0 Å². The molecule has 0 spiro atoms. The van der Waals surface area contributed by atoms with Gasteiger partial charge in [0.05, 0.1) is 12.0 Å². The molecule has 2 aromatic rings. The van der Waals surface area contributed by atoms with Crippen LogP contribution in [0.1, 0.15) is 29.3 Å². The van der Waals surface area contributed by atoms with Gasteiger partial charge in [-0.2, -0.15) is 5.10 Å². The van der Waals surface area contributed by atoms with E-state index in [1.807, 2.05) is 19.1 Å². The number of hydrogen-bond donors (Lipinski definition) is 2. The Morgan fingerprint density at radius 2 is 1.88 bits per heavy atom. The molecule has 0 fully saturated rings. The van der Waals surface area contributed by atoms with E-state index in [9.17, 15) is 9.59 Å². The highest BCUT2D eigenvalue weighted by Crippen LogP contribution is 2.23. The number of halogens is 2. The topological polar surface area (TPSA) is 70.6 Å². The summed E-state index contributed by atoms with van der Waals surface area (Å²) >= 11 is 8.12. The number of benzene rings is 2. The molecule has 2 N–H and O–H groups in total. The first-order valence-corrected chi connectivity index (χ1v) is 8.97. The van der Waals surface area contributed by atoms with E-state index in [0.717, 1.165) is 9.13 Å². The van der Waals surface area contributed by atoms with Crippen LogP contribution in [0.2, 0.25) is 5.02 Å². The molecular weight excluding hydrogens is 453 g/mol. The minimum absolute atomic E-state index is 0.0676. The van der Waals surface area contributed by atoms with Crippen LogP contribution in [0.3, 0.4) is 0 Å². The van der Waals surface area contributed by atoms with Crippen molar-refractivity contribution in [2.24, 2.45) is 5.10 Å². The SMILES string of the molecule is C/C(CC(=O)Nc1cccc(Cl)c1C)=N\NC(=O)c1ccccc1I. The van der Waals surface area contributed by atoms with Crippen molar-refractivity contribution in [1.82, 2.24) is 5.43 Å². The molecule has 5 nitrogen and oxygen atoms in total. The van der Waals surface area contributed by atoms with E-state index in [2.05, 4.69) is 38.4 Å². The highest BCUT2D eigenvalue weighted by atomic mass is 127. The third-order valence-corrected chi connectivity index (χ3v) is 4.78. The van der Waals surface area contributed by atoms with Crippen LogP contribution in [0.25, 0.3) is 0 Å². The first-order valence-electron chi connectivity index (χ1n) is 7.51. The summed E-state index contributed by atoms with van der Waals surface area (Å²) in [4.78, 5) is 24.2. The van der Waals surface area contributed by atoms with Crippen molar-refractivity contribution in [2.75, 3.05) is 5.32 Å². The molecule has 0 saturated heterocycles. The van der Waals surface area contributed by atoms with Crippen molar-refractivity contribution >= 4 is 57.4 Å². The number of hydrogen-bond acceptors (Lipinski definition) is 3. The third kappa shape index (κ3) is 5.54. The molecule has 0 unspecified atom stereocenters. The van der Waals surface area contributed by atoms with Crippen LogP contribution in [0.4, 0.5) is 5.69 Å². The summed E-state index contributed by atoms with van der Waals surface area (Å²) in [7, 11) is 0. The van der Waals surface area contributed by atoms with Crippen molar-refractivity contribution in [2.45, 2.75) is 20.3 Å². The van der Waals surface area contributed by atoms with Crippen LogP contribution in [0, 0.1) is 10.5 Å². The van der Waals surface area contributed by atoms with Crippen LogP contribution in [-0.2, 0) is 4.79 Å². The molecule has 0 aliphatic rings. The Labute approximate surface area is 165 Å². The van der Waals surface area contributed by atoms with E-state index in [-0.39, 0.29) is 18.2 Å². The van der Waals surface area contributed by atoms with Gasteiger partial charge < -0.3 is 5.32 Å². The van der Waals surface area contributed by atoms with Gasteiger partial charge in [-0.15, -0.1) is 0 Å². The molecule has 0 aromatic heterocycles. The van der Waals surface area contributed by atoms with Crippen LogP contribution in [0.15, 0.2) is 47.6 Å². The molecule has 2 aromatic carbocycles. The fourth-order valence-corrected chi connectivity index (χ4v) is 2.87. The largest absolute Gasteiger partial charge is 0.325 e. The Hall–Kier alpha value is -1.93. The number of anilines is 1. The molecule has 25 heavy (non-hydrogen) atoms. The molecule has 2 amide bonds. The molecule has 0 aliphatic heterocycles. The summed E-state index contributed by atoms with van der Waals surface area (Å²) in [5, 5.41) is 7.37. The summed E-state index contributed by atoms with van der Waals surface area (Å²) in [6.45, 7) is 3.52. The second kappa shape index (κ2) is 8.96. The average molecular weight is 470 g/mol. The second-order valence-electron chi connectivity index (χ2n) is 5.41. The Kier molecular flexibility index (Phi) is 6.95. The van der Waals surface area contributed by atoms with Gasteiger partial charge in [-0.05, 0) is 66.3 Å². The molecule has 2 rings (SSSR count). The number of nitrogens with one attached hydrogen (secondary N) is 2. The Bertz CT molecular complexity index is 837. The summed E-state index contributed by atoms with van der Waals surface area (Å²) in [5.41, 5.74) is 4.97. The van der Waals surface area contributed by atoms with E-state index in [0.29, 0.717) is 22.0 Å². The Morgan fingerprint density at radius 3 is 2.60 bits per heavy atom. The normalized spacial score (nSPS) is 11.1. The summed E-state index contributed by atoms with van der Waals surface area (Å²) < 4.78 is 0.833. The van der Waals surface area contributed by atoms with Crippen LogP contribution >= 0.6 is 34.2 Å². The fourth-order valence-electron chi connectivity index (χ4n) is 2.06. The lowest BCUT2D eigenvalue weighted by atomic mass is 10.2. The molecule has 0 bridgehead atoms. The molecule has 130 valence electrons. The zero-order chi connectivity index (χ0) is 18.4. The van der Waals surface area contributed by atoms with Crippen LogP contribution in [-0.4, -0.2) is 17.5 Å². The lowest BCUT2D eigenvalue weighted by molar-refractivity contribution is -0.115. The van der Waals surface area contributed by atoms with Gasteiger partial charge in [0.15, 0.2) is 0 Å². The fraction of sp³-hybridized carbons (Fsp3) is 0.167. The van der Waals surface area contributed by atoms with E-state index in [4.69, 9.17) is 11.6 Å². The van der Waals surface area contributed by atoms with E-state index < -0.39 is 0 Å². The van der Waals surface area contributed by atoms with Gasteiger partial charge in [0.1, 0.15) is 0 Å². The van der Waals surface area contributed by atoms with Crippen molar-refractivity contribution in [1.29, 1.82) is 0 Å². The van der Waals surface area contributed by atoms with Gasteiger partial charge in [0.2, 0.25) is 5.91 Å². The zero-order valence-corrected chi connectivity index (χ0v) is 16.7. The Morgan fingerprint density at radius 1 is 1.16 bits per heavy atom. The Balaban J connectivity index is 1.94.